The number of rotatable bonds is 7. The van der Waals surface area contributed by atoms with Crippen molar-refractivity contribution in [2.75, 3.05) is 10.6 Å². The van der Waals surface area contributed by atoms with Gasteiger partial charge in [-0.3, -0.25) is 14.2 Å². The van der Waals surface area contributed by atoms with E-state index >= 15 is 0 Å². The highest BCUT2D eigenvalue weighted by Crippen LogP contribution is 2.31. The van der Waals surface area contributed by atoms with Gasteiger partial charge in [-0.1, -0.05) is 41.6 Å². The summed E-state index contributed by atoms with van der Waals surface area (Å²) in [5.41, 5.74) is 3.42. The molecule has 35 heavy (non-hydrogen) atoms. The minimum absolute atomic E-state index is 0.167. The molecule has 0 aliphatic rings. The highest BCUT2D eigenvalue weighted by Gasteiger charge is 2.23. The summed E-state index contributed by atoms with van der Waals surface area (Å²) < 4.78 is 16.4. The first-order valence-electron chi connectivity index (χ1n) is 10.9. The Morgan fingerprint density at radius 2 is 1.54 bits per heavy atom. The zero-order valence-corrected chi connectivity index (χ0v) is 20.3. The molecule has 0 radical (unpaired) electrons. The maximum absolute atomic E-state index is 14.6. The number of carbonyl (C=O) groups excluding carboxylic acids is 2. The lowest BCUT2D eigenvalue weighted by molar-refractivity contribution is -0.115. The van der Waals surface area contributed by atoms with Crippen molar-refractivity contribution in [3.05, 3.63) is 84.2 Å². The van der Waals surface area contributed by atoms with E-state index in [-0.39, 0.29) is 11.8 Å². The third kappa shape index (κ3) is 5.75. The SMILES string of the molecule is CC(=O)Nc1ccc(NC(=O)C(C)Sc2nnc(-c3ccccc3F)n2-c2ccc(C)cc2)cc1. The number of carbonyl (C=O) groups is 2. The monoisotopic (exact) mass is 489 g/mol. The Morgan fingerprint density at radius 1 is 0.914 bits per heavy atom. The van der Waals surface area contributed by atoms with E-state index in [1.807, 2.05) is 31.2 Å². The van der Waals surface area contributed by atoms with Gasteiger partial charge in [-0.25, -0.2) is 4.39 Å². The Morgan fingerprint density at radius 3 is 2.17 bits per heavy atom. The van der Waals surface area contributed by atoms with Gasteiger partial charge in [0.1, 0.15) is 5.82 Å². The molecular weight excluding hydrogens is 465 g/mol. The van der Waals surface area contributed by atoms with Crippen LogP contribution in [0.15, 0.2) is 78.0 Å². The van der Waals surface area contributed by atoms with Gasteiger partial charge >= 0.3 is 0 Å². The molecule has 1 heterocycles. The summed E-state index contributed by atoms with van der Waals surface area (Å²) in [4.78, 5) is 24.1. The number of benzene rings is 3. The van der Waals surface area contributed by atoms with Crippen molar-refractivity contribution in [3.63, 3.8) is 0 Å². The lowest BCUT2D eigenvalue weighted by atomic mass is 10.2. The largest absolute Gasteiger partial charge is 0.326 e. The number of anilines is 2. The first-order valence-corrected chi connectivity index (χ1v) is 11.8. The van der Waals surface area contributed by atoms with Gasteiger partial charge in [-0.05, 0) is 62.4 Å². The van der Waals surface area contributed by atoms with Gasteiger partial charge in [0.25, 0.3) is 0 Å². The van der Waals surface area contributed by atoms with Gasteiger partial charge in [0.05, 0.1) is 10.8 Å². The normalized spacial score (nSPS) is 11.7. The molecule has 1 atom stereocenters. The van der Waals surface area contributed by atoms with Crippen LogP contribution in [0, 0.1) is 12.7 Å². The van der Waals surface area contributed by atoms with Crippen LogP contribution in [-0.4, -0.2) is 31.8 Å². The van der Waals surface area contributed by atoms with Crippen LogP contribution in [0.25, 0.3) is 17.1 Å². The molecule has 7 nitrogen and oxygen atoms in total. The Bertz CT molecular complexity index is 1350. The second-order valence-electron chi connectivity index (χ2n) is 7.96. The molecule has 178 valence electrons. The summed E-state index contributed by atoms with van der Waals surface area (Å²) in [5, 5.41) is 14.1. The van der Waals surface area contributed by atoms with Crippen LogP contribution in [0.4, 0.5) is 15.8 Å². The second-order valence-corrected chi connectivity index (χ2v) is 9.27. The highest BCUT2D eigenvalue weighted by atomic mass is 32.2. The van der Waals surface area contributed by atoms with Crippen molar-refractivity contribution in [1.82, 2.24) is 14.8 Å². The molecule has 2 N–H and O–H groups in total. The van der Waals surface area contributed by atoms with Crippen LogP contribution in [0.2, 0.25) is 0 Å². The predicted octanol–water partition coefficient (Wildman–Crippen LogP) is 5.46. The zero-order valence-electron chi connectivity index (χ0n) is 19.4. The average Bonchev–Trinajstić information content (AvgIpc) is 3.24. The number of aryl methyl sites for hydroxylation is 1. The molecule has 3 aromatic carbocycles. The number of aromatic nitrogens is 3. The van der Waals surface area contributed by atoms with Crippen molar-refractivity contribution in [3.8, 4) is 17.1 Å². The number of hydrogen-bond acceptors (Lipinski definition) is 5. The molecule has 0 aliphatic heterocycles. The molecule has 0 spiro atoms. The molecule has 4 rings (SSSR count). The lowest BCUT2D eigenvalue weighted by Crippen LogP contribution is -2.23. The first-order chi connectivity index (χ1) is 16.8. The fourth-order valence-corrected chi connectivity index (χ4v) is 4.25. The quantitative estimate of drug-likeness (QED) is 0.337. The lowest BCUT2D eigenvalue weighted by Gasteiger charge is -2.14. The van der Waals surface area contributed by atoms with Crippen molar-refractivity contribution in [1.29, 1.82) is 0 Å². The molecule has 0 bridgehead atoms. The van der Waals surface area contributed by atoms with Crippen LogP contribution in [0.1, 0.15) is 19.4 Å². The number of nitrogens with zero attached hydrogens (tertiary/aromatic N) is 3. The standard InChI is InChI=1S/C26H24FN5O2S/c1-16-8-14-21(15-9-16)32-24(22-6-4-5-7-23(22)27)30-31-26(32)35-17(2)25(34)29-20-12-10-19(11-13-20)28-18(3)33/h4-15,17H,1-3H3,(H,28,33)(H,29,34). The fourth-order valence-electron chi connectivity index (χ4n) is 3.39. The molecular formula is C26H24FN5O2S. The molecule has 0 saturated heterocycles. The van der Waals surface area contributed by atoms with E-state index in [1.165, 1.54) is 24.8 Å². The maximum atomic E-state index is 14.6. The molecule has 1 unspecified atom stereocenters. The van der Waals surface area contributed by atoms with Crippen LogP contribution in [-0.2, 0) is 9.59 Å². The molecule has 1 aromatic heterocycles. The number of halogens is 1. The van der Waals surface area contributed by atoms with Crippen LogP contribution >= 0.6 is 11.8 Å². The summed E-state index contributed by atoms with van der Waals surface area (Å²) in [6, 6.07) is 21.0. The summed E-state index contributed by atoms with van der Waals surface area (Å²) in [7, 11) is 0. The van der Waals surface area contributed by atoms with E-state index in [0.29, 0.717) is 27.9 Å². The number of hydrogen-bond donors (Lipinski definition) is 2. The van der Waals surface area contributed by atoms with Gasteiger partial charge in [-0.2, -0.15) is 0 Å². The minimum atomic E-state index is -0.521. The third-order valence-electron chi connectivity index (χ3n) is 5.16. The molecule has 4 aromatic rings. The molecule has 0 fully saturated rings. The van der Waals surface area contributed by atoms with Gasteiger partial charge in [0.2, 0.25) is 11.8 Å². The fraction of sp³-hybridized carbons (Fsp3) is 0.154. The van der Waals surface area contributed by atoms with Gasteiger partial charge < -0.3 is 10.6 Å². The molecule has 2 amide bonds. The summed E-state index contributed by atoms with van der Waals surface area (Å²) in [6.07, 6.45) is 0. The van der Waals surface area contributed by atoms with Crippen molar-refractivity contribution >= 4 is 35.0 Å². The smallest absolute Gasteiger partial charge is 0.237 e. The van der Waals surface area contributed by atoms with Crippen molar-refractivity contribution in [2.45, 2.75) is 31.2 Å². The Labute approximate surface area is 206 Å². The maximum Gasteiger partial charge on any atom is 0.237 e. The van der Waals surface area contributed by atoms with Crippen LogP contribution < -0.4 is 10.6 Å². The first kappa shape index (κ1) is 24.2. The van der Waals surface area contributed by atoms with Crippen LogP contribution in [0.3, 0.4) is 0 Å². The average molecular weight is 490 g/mol. The van der Waals surface area contributed by atoms with E-state index in [0.717, 1.165) is 11.3 Å². The van der Waals surface area contributed by atoms with E-state index in [2.05, 4.69) is 20.8 Å². The molecule has 9 heteroatoms. The predicted molar refractivity (Wildman–Crippen MR) is 136 cm³/mol. The topological polar surface area (TPSA) is 88.9 Å². The number of nitrogens with one attached hydrogen (secondary N) is 2. The second kappa shape index (κ2) is 10.5. The molecule has 0 aliphatic carbocycles. The van der Waals surface area contributed by atoms with E-state index < -0.39 is 11.1 Å². The third-order valence-corrected chi connectivity index (χ3v) is 6.21. The van der Waals surface area contributed by atoms with Gasteiger partial charge in [0.15, 0.2) is 11.0 Å². The Hall–Kier alpha value is -3.98. The Balaban J connectivity index is 1.58. The molecule has 0 saturated carbocycles. The highest BCUT2D eigenvalue weighted by molar-refractivity contribution is 8.00. The van der Waals surface area contributed by atoms with E-state index in [4.69, 9.17) is 0 Å². The van der Waals surface area contributed by atoms with E-state index in [1.54, 1.807) is 54.0 Å². The summed E-state index contributed by atoms with van der Waals surface area (Å²) >= 11 is 1.23. The summed E-state index contributed by atoms with van der Waals surface area (Å²) in [5.74, 6) is -0.443. The minimum Gasteiger partial charge on any atom is -0.326 e. The van der Waals surface area contributed by atoms with Crippen LogP contribution in [0.5, 0.6) is 0 Å². The zero-order chi connectivity index (χ0) is 24.9. The summed E-state index contributed by atoms with van der Waals surface area (Å²) in [6.45, 7) is 5.18. The van der Waals surface area contributed by atoms with E-state index in [9.17, 15) is 14.0 Å². The number of amides is 2. The number of thioether (sulfide) groups is 1. The van der Waals surface area contributed by atoms with Gasteiger partial charge in [0, 0.05) is 24.0 Å². The van der Waals surface area contributed by atoms with Crippen molar-refractivity contribution < 1.29 is 14.0 Å². The van der Waals surface area contributed by atoms with Crippen molar-refractivity contribution in [2.24, 2.45) is 0 Å². The van der Waals surface area contributed by atoms with Gasteiger partial charge in [-0.15, -0.1) is 10.2 Å². The Kier molecular flexibility index (Phi) is 7.26.